The van der Waals surface area contributed by atoms with Gasteiger partial charge in [0, 0.05) is 60.9 Å². The van der Waals surface area contributed by atoms with Crippen LogP contribution in [0.2, 0.25) is 0 Å². The fourth-order valence-electron chi connectivity index (χ4n) is 11.5. The van der Waals surface area contributed by atoms with Crippen LogP contribution in [-0.4, -0.2) is 58.8 Å². The van der Waals surface area contributed by atoms with Crippen molar-refractivity contribution >= 4 is 33.3 Å². The molecule has 5 N–H and O–H groups in total. The zero-order valence-corrected chi connectivity index (χ0v) is 30.2. The SMILES string of the molecule is CC(C)Cc1cccc([C@H]2C=C[C@@H]3CCC4=C5C[C@@H]6C[C@H](CO)[C@@H](CCCO)[C@]5(CC4=O)[C@@]6(C)CCSSC[C@@]34NC(N)=NC[C@@H]24)c1. The van der Waals surface area contributed by atoms with Gasteiger partial charge in [-0.05, 0) is 97.2 Å². The first-order valence-corrected chi connectivity index (χ1v) is 20.7. The first-order valence-electron chi connectivity index (χ1n) is 18.2. The first-order chi connectivity index (χ1) is 22.7. The molecule has 2 fully saturated rings. The Bertz CT molecular complexity index is 1460. The summed E-state index contributed by atoms with van der Waals surface area (Å²) in [5.74, 6) is 5.18. The van der Waals surface area contributed by atoms with Gasteiger partial charge in [0.05, 0.1) is 5.54 Å². The van der Waals surface area contributed by atoms with Gasteiger partial charge in [-0.25, -0.2) is 0 Å². The number of ketones is 1. The number of nitrogens with one attached hydrogen (secondary N) is 1. The molecule has 0 unspecified atom stereocenters. The monoisotopic (exact) mass is 677 g/mol. The van der Waals surface area contributed by atoms with Crippen LogP contribution in [0.1, 0.15) is 89.2 Å². The van der Waals surface area contributed by atoms with Gasteiger partial charge in [-0.3, -0.25) is 9.79 Å². The van der Waals surface area contributed by atoms with Crippen molar-refractivity contribution in [3.05, 3.63) is 58.7 Å². The molecule has 5 bridgehead atoms. The third-order valence-electron chi connectivity index (χ3n) is 13.6. The number of aliphatic hydroxyl groups is 2. The fourth-order valence-corrected chi connectivity index (χ4v) is 14.4. The van der Waals surface area contributed by atoms with Crippen LogP contribution in [0.5, 0.6) is 0 Å². The number of rotatable bonds is 7. The quantitative estimate of drug-likeness (QED) is 0.189. The van der Waals surface area contributed by atoms with Crippen molar-refractivity contribution in [2.75, 3.05) is 31.3 Å². The molecule has 7 rings (SSSR count). The van der Waals surface area contributed by atoms with Crippen LogP contribution in [0, 0.1) is 46.3 Å². The second-order valence-electron chi connectivity index (χ2n) is 16.2. The van der Waals surface area contributed by atoms with Crippen molar-refractivity contribution in [1.82, 2.24) is 5.32 Å². The summed E-state index contributed by atoms with van der Waals surface area (Å²) in [5.41, 5.74) is 11.4. The van der Waals surface area contributed by atoms with E-state index in [4.69, 9.17) is 10.7 Å². The van der Waals surface area contributed by atoms with Crippen LogP contribution in [0.3, 0.4) is 0 Å². The van der Waals surface area contributed by atoms with E-state index in [0.29, 0.717) is 36.5 Å². The molecule has 256 valence electrons. The lowest BCUT2D eigenvalue weighted by molar-refractivity contribution is -0.125. The number of guanidine groups is 1. The third-order valence-corrected chi connectivity index (χ3v) is 16.1. The van der Waals surface area contributed by atoms with Crippen LogP contribution in [0.4, 0.5) is 0 Å². The Labute approximate surface area is 289 Å². The number of carbonyl (C=O) groups is 1. The number of nitrogens with zero attached hydrogens (tertiary/aromatic N) is 1. The molecule has 2 heterocycles. The molecule has 2 aliphatic heterocycles. The third kappa shape index (κ3) is 5.47. The minimum atomic E-state index is -0.250. The first kappa shape index (κ1) is 33.7. The van der Waals surface area contributed by atoms with Gasteiger partial charge in [0.25, 0.3) is 0 Å². The number of allylic oxidation sites excluding steroid dienone is 3. The summed E-state index contributed by atoms with van der Waals surface area (Å²) in [6.45, 7) is 8.10. The van der Waals surface area contributed by atoms with E-state index in [9.17, 15) is 15.0 Å². The second-order valence-corrected chi connectivity index (χ2v) is 18.8. The summed E-state index contributed by atoms with van der Waals surface area (Å²) in [5, 5.41) is 24.3. The molecular formula is C39H55N3O3S2. The van der Waals surface area contributed by atoms with Crippen molar-refractivity contribution < 1.29 is 15.0 Å². The molecule has 4 aliphatic carbocycles. The minimum absolute atomic E-state index is 0.0346. The lowest BCUT2D eigenvalue weighted by Gasteiger charge is -2.57. The van der Waals surface area contributed by atoms with Crippen molar-refractivity contribution in [2.45, 2.75) is 90.0 Å². The average molecular weight is 678 g/mol. The van der Waals surface area contributed by atoms with E-state index in [0.717, 1.165) is 68.4 Å². The molecule has 6 aliphatic rings. The molecule has 0 aromatic heterocycles. The molecule has 2 saturated carbocycles. The Morgan fingerprint density at radius 3 is 2.83 bits per heavy atom. The molecule has 9 atom stereocenters. The zero-order chi connectivity index (χ0) is 33.0. The Hall–Kier alpha value is -1.74. The topological polar surface area (TPSA) is 108 Å². The number of benzene rings is 1. The van der Waals surface area contributed by atoms with Gasteiger partial charge in [0.1, 0.15) is 0 Å². The average Bonchev–Trinajstić information content (AvgIpc) is 3.38. The van der Waals surface area contributed by atoms with Gasteiger partial charge in [0.2, 0.25) is 0 Å². The smallest absolute Gasteiger partial charge is 0.189 e. The fraction of sp³-hybridized carbons (Fsp3) is 0.692. The predicted octanol–water partition coefficient (Wildman–Crippen LogP) is 6.68. The summed E-state index contributed by atoms with van der Waals surface area (Å²) >= 11 is 0. The van der Waals surface area contributed by atoms with Crippen LogP contribution in [-0.2, 0) is 11.2 Å². The molecule has 0 amide bonds. The van der Waals surface area contributed by atoms with Gasteiger partial charge >= 0.3 is 0 Å². The van der Waals surface area contributed by atoms with Crippen LogP contribution < -0.4 is 11.1 Å². The standard InChI is InChI=1S/C39H55N3O3S2/c1-24(2)16-25-6-4-7-26(17-25)30-11-9-28-10-12-31-33-19-29-18-27(22-44)32(8-5-14-43)38(33,20-35(31)45)37(29,3)13-15-46-47-23-39(28)34(30)21-41-36(40)42-39/h4,6-7,9,11,17,24,27-30,32,34,43-44H,5,8,10,12-16,18-23H2,1-3H3,(H3,40,41,42)/t27-,28-,29+,30-,32-,34+,37+,38+,39-/m1/s1. The number of aliphatic hydroxyl groups excluding tert-OH is 2. The second kappa shape index (κ2) is 13.2. The Morgan fingerprint density at radius 2 is 2.04 bits per heavy atom. The van der Waals surface area contributed by atoms with E-state index < -0.39 is 0 Å². The highest BCUT2D eigenvalue weighted by Gasteiger charge is 2.69. The number of nitrogens with two attached hydrogens (primary N) is 1. The number of hydrogen-bond acceptors (Lipinski definition) is 8. The Kier molecular flexibility index (Phi) is 9.47. The van der Waals surface area contributed by atoms with Crippen molar-refractivity contribution in [3.63, 3.8) is 0 Å². The van der Waals surface area contributed by atoms with Gasteiger partial charge in [-0.15, -0.1) is 0 Å². The van der Waals surface area contributed by atoms with E-state index in [1.807, 2.05) is 21.6 Å². The summed E-state index contributed by atoms with van der Waals surface area (Å²) in [7, 11) is 3.99. The molecule has 0 radical (unpaired) electrons. The molecule has 6 nitrogen and oxygen atoms in total. The number of Topliss-reactive ketones (excluding diaryl/α,β-unsaturated/α-hetero) is 1. The van der Waals surface area contributed by atoms with Crippen LogP contribution in [0.25, 0.3) is 0 Å². The lowest BCUT2D eigenvalue weighted by Crippen LogP contribution is -2.67. The molecule has 8 heteroatoms. The highest BCUT2D eigenvalue weighted by atomic mass is 33.1. The van der Waals surface area contributed by atoms with Crippen molar-refractivity contribution in [1.29, 1.82) is 0 Å². The van der Waals surface area contributed by atoms with Gasteiger partial charge < -0.3 is 21.3 Å². The minimum Gasteiger partial charge on any atom is -0.396 e. The van der Waals surface area contributed by atoms with Gasteiger partial charge in [0.15, 0.2) is 11.7 Å². The Morgan fingerprint density at radius 1 is 1.19 bits per heavy atom. The lowest BCUT2D eigenvalue weighted by atomic mass is 9.47. The normalized spacial score (nSPS) is 39.8. The molecular weight excluding hydrogens is 623 g/mol. The summed E-state index contributed by atoms with van der Waals surface area (Å²) in [4.78, 5) is 19.0. The van der Waals surface area contributed by atoms with Gasteiger partial charge in [-0.2, -0.15) is 0 Å². The van der Waals surface area contributed by atoms with E-state index in [-0.39, 0.29) is 59.2 Å². The number of hydrogen-bond donors (Lipinski definition) is 4. The molecule has 2 spiro atoms. The van der Waals surface area contributed by atoms with E-state index in [1.54, 1.807) is 0 Å². The predicted molar refractivity (Wildman–Crippen MR) is 195 cm³/mol. The number of aliphatic imine (C=N–C) groups is 1. The zero-order valence-electron chi connectivity index (χ0n) is 28.5. The summed E-state index contributed by atoms with van der Waals surface area (Å²) in [6, 6.07) is 9.19. The molecule has 47 heavy (non-hydrogen) atoms. The van der Waals surface area contributed by atoms with E-state index in [2.05, 4.69) is 62.5 Å². The molecule has 0 saturated heterocycles. The number of carbonyl (C=O) groups excluding carboxylic acids is 1. The molecule has 1 aromatic carbocycles. The molecule has 1 aromatic rings. The Balaban J connectivity index is 1.28. The van der Waals surface area contributed by atoms with Crippen LogP contribution in [0.15, 0.2) is 52.6 Å². The largest absolute Gasteiger partial charge is 0.396 e. The summed E-state index contributed by atoms with van der Waals surface area (Å²) in [6.07, 6.45) is 13.0. The maximum atomic E-state index is 14.3. The highest BCUT2D eigenvalue weighted by molar-refractivity contribution is 8.76. The maximum Gasteiger partial charge on any atom is 0.189 e. The maximum absolute atomic E-state index is 14.3. The van der Waals surface area contributed by atoms with E-state index in [1.165, 1.54) is 16.7 Å². The van der Waals surface area contributed by atoms with Crippen molar-refractivity contribution in [2.24, 2.45) is 57.1 Å². The van der Waals surface area contributed by atoms with Gasteiger partial charge in [-0.1, -0.05) is 84.3 Å². The van der Waals surface area contributed by atoms with E-state index >= 15 is 0 Å². The van der Waals surface area contributed by atoms with Crippen LogP contribution >= 0.6 is 21.6 Å². The summed E-state index contributed by atoms with van der Waals surface area (Å²) < 4.78 is 0. The highest BCUT2D eigenvalue weighted by Crippen LogP contribution is 2.75. The van der Waals surface area contributed by atoms with Crippen molar-refractivity contribution in [3.8, 4) is 0 Å².